The third-order valence-corrected chi connectivity index (χ3v) is 7.25. The highest BCUT2D eigenvalue weighted by atomic mass is 32.1. The molecule has 5 rings (SSSR count). The third-order valence-electron chi connectivity index (χ3n) is 6.25. The predicted octanol–water partition coefficient (Wildman–Crippen LogP) is 5.56. The normalized spacial score (nSPS) is 17.1. The number of aliphatic hydroxyl groups excluding tert-OH is 1. The summed E-state index contributed by atoms with van der Waals surface area (Å²) >= 11 is 1.33. The number of fused-ring (bicyclic) bond motifs is 1. The van der Waals surface area contributed by atoms with Gasteiger partial charge in [0.2, 0.25) is 0 Å². The number of aromatic nitrogens is 1. The molecule has 0 aliphatic carbocycles. The molecule has 0 unspecified atom stereocenters. The van der Waals surface area contributed by atoms with Gasteiger partial charge in [-0.05, 0) is 49.2 Å². The van der Waals surface area contributed by atoms with Gasteiger partial charge in [-0.15, -0.1) is 0 Å². The van der Waals surface area contributed by atoms with Gasteiger partial charge in [-0.3, -0.25) is 14.5 Å². The van der Waals surface area contributed by atoms with Crippen LogP contribution in [0.1, 0.15) is 28.3 Å². The van der Waals surface area contributed by atoms with E-state index < -0.39 is 17.7 Å². The molecule has 0 bridgehead atoms. The van der Waals surface area contributed by atoms with Gasteiger partial charge in [0.05, 0.1) is 30.0 Å². The Kier molecular flexibility index (Phi) is 5.97. The van der Waals surface area contributed by atoms with Crippen molar-refractivity contribution in [1.82, 2.24) is 4.98 Å². The predicted molar refractivity (Wildman–Crippen MR) is 140 cm³/mol. The summed E-state index contributed by atoms with van der Waals surface area (Å²) in [6.45, 7) is 3.96. The van der Waals surface area contributed by atoms with Gasteiger partial charge in [0.1, 0.15) is 23.3 Å². The number of hydrogen-bond acceptors (Lipinski definition) is 7. The van der Waals surface area contributed by atoms with Crippen LogP contribution in [0, 0.1) is 13.8 Å². The molecule has 2 heterocycles. The fourth-order valence-electron chi connectivity index (χ4n) is 4.59. The van der Waals surface area contributed by atoms with Crippen LogP contribution in [0.4, 0.5) is 5.13 Å². The van der Waals surface area contributed by atoms with E-state index in [4.69, 9.17) is 14.5 Å². The minimum absolute atomic E-state index is 0.0371. The van der Waals surface area contributed by atoms with Gasteiger partial charge in [-0.2, -0.15) is 0 Å². The van der Waals surface area contributed by atoms with Crippen LogP contribution in [0.15, 0.2) is 66.2 Å². The fraction of sp³-hybridized carbons (Fsp3) is 0.179. The number of carbonyl (C=O) groups excluding carboxylic acids is 2. The monoisotopic (exact) mass is 500 g/mol. The second kappa shape index (κ2) is 9.13. The standard InChI is InChI=1S/C28H24N2O5S/c1-15-12-16(2)23-21(13-15)36-28(29-23)30-24(19-14-18(34-3)10-11-20(19)35-4)22(26(32)27(30)33)25(31)17-8-6-5-7-9-17/h5-14,24,31H,1-4H3/t24-/m0/s1. The Bertz CT molecular complexity index is 1540. The molecule has 1 aromatic heterocycles. The molecule has 1 aliphatic heterocycles. The number of aliphatic hydroxyl groups is 1. The number of aryl methyl sites for hydroxylation is 2. The van der Waals surface area contributed by atoms with E-state index in [1.54, 1.807) is 42.5 Å². The summed E-state index contributed by atoms with van der Waals surface area (Å²) < 4.78 is 12.0. The highest BCUT2D eigenvalue weighted by molar-refractivity contribution is 7.22. The topological polar surface area (TPSA) is 89.0 Å². The van der Waals surface area contributed by atoms with Crippen LogP contribution in [-0.2, 0) is 9.59 Å². The van der Waals surface area contributed by atoms with Crippen LogP contribution in [0.3, 0.4) is 0 Å². The molecule has 1 aliphatic rings. The van der Waals surface area contributed by atoms with Crippen LogP contribution in [-0.4, -0.2) is 36.0 Å². The minimum Gasteiger partial charge on any atom is -0.507 e. The molecule has 3 aromatic carbocycles. The summed E-state index contributed by atoms with van der Waals surface area (Å²) in [5, 5.41) is 11.7. The van der Waals surface area contributed by atoms with Crippen LogP contribution in [0.2, 0.25) is 0 Å². The Morgan fingerprint density at radius 2 is 1.75 bits per heavy atom. The first kappa shape index (κ1) is 23.6. The Labute approximate surface area is 212 Å². The van der Waals surface area contributed by atoms with E-state index in [2.05, 4.69) is 0 Å². The Balaban J connectivity index is 1.80. The molecule has 182 valence electrons. The molecular formula is C28H24N2O5S. The largest absolute Gasteiger partial charge is 0.507 e. The van der Waals surface area contributed by atoms with E-state index in [0.717, 1.165) is 21.3 Å². The number of carbonyl (C=O) groups is 2. The lowest BCUT2D eigenvalue weighted by Crippen LogP contribution is -2.29. The molecule has 7 nitrogen and oxygen atoms in total. The second-order valence-corrected chi connectivity index (χ2v) is 9.58. The van der Waals surface area contributed by atoms with Crippen LogP contribution >= 0.6 is 11.3 Å². The number of benzene rings is 3. The Hall–Kier alpha value is -4.17. The van der Waals surface area contributed by atoms with E-state index in [1.807, 2.05) is 32.0 Å². The van der Waals surface area contributed by atoms with Gasteiger partial charge in [-0.1, -0.05) is 47.7 Å². The van der Waals surface area contributed by atoms with Gasteiger partial charge in [0.25, 0.3) is 5.78 Å². The van der Waals surface area contributed by atoms with Gasteiger partial charge in [0.15, 0.2) is 5.13 Å². The average molecular weight is 501 g/mol. The summed E-state index contributed by atoms with van der Waals surface area (Å²) in [6, 6.07) is 16.9. The summed E-state index contributed by atoms with van der Waals surface area (Å²) in [5.41, 5.74) is 3.71. The van der Waals surface area contributed by atoms with Crippen molar-refractivity contribution in [2.75, 3.05) is 19.1 Å². The molecule has 0 radical (unpaired) electrons. The maximum Gasteiger partial charge on any atom is 0.301 e. The lowest BCUT2D eigenvalue weighted by Gasteiger charge is -2.25. The highest BCUT2D eigenvalue weighted by Gasteiger charge is 2.49. The molecule has 1 amide bonds. The molecule has 8 heteroatoms. The minimum atomic E-state index is -0.975. The van der Waals surface area contributed by atoms with Crippen molar-refractivity contribution in [1.29, 1.82) is 0 Å². The summed E-state index contributed by atoms with van der Waals surface area (Å²) in [6.07, 6.45) is 0. The summed E-state index contributed by atoms with van der Waals surface area (Å²) in [7, 11) is 3.05. The SMILES string of the molecule is COc1ccc(OC)c([C@H]2C(=C(O)c3ccccc3)C(=O)C(=O)N2c2nc3c(C)cc(C)cc3s2)c1. The first-order chi connectivity index (χ1) is 17.3. The maximum absolute atomic E-state index is 13.5. The average Bonchev–Trinajstić information content (AvgIpc) is 3.42. The van der Waals surface area contributed by atoms with E-state index in [-0.39, 0.29) is 11.3 Å². The van der Waals surface area contributed by atoms with Crippen molar-refractivity contribution in [2.45, 2.75) is 19.9 Å². The molecule has 1 N–H and O–H groups in total. The molecule has 4 aromatic rings. The zero-order valence-electron chi connectivity index (χ0n) is 20.2. The summed E-state index contributed by atoms with van der Waals surface area (Å²) in [5.74, 6) is -0.861. The van der Waals surface area contributed by atoms with Crippen LogP contribution < -0.4 is 14.4 Å². The molecule has 1 fully saturated rings. The van der Waals surface area contributed by atoms with E-state index in [0.29, 0.717) is 27.8 Å². The zero-order chi connectivity index (χ0) is 25.6. The number of nitrogens with zero attached hydrogens (tertiary/aromatic N) is 2. The number of rotatable bonds is 5. The number of ketones is 1. The van der Waals surface area contributed by atoms with Crippen molar-refractivity contribution in [2.24, 2.45) is 0 Å². The quantitative estimate of drug-likeness (QED) is 0.219. The van der Waals surface area contributed by atoms with Crippen molar-refractivity contribution < 1.29 is 24.2 Å². The zero-order valence-corrected chi connectivity index (χ0v) is 21.1. The first-order valence-electron chi connectivity index (χ1n) is 11.3. The first-order valence-corrected chi connectivity index (χ1v) is 12.1. The maximum atomic E-state index is 13.5. The number of hydrogen-bond donors (Lipinski definition) is 1. The van der Waals surface area contributed by atoms with Crippen molar-refractivity contribution in [3.63, 3.8) is 0 Å². The van der Waals surface area contributed by atoms with E-state index in [1.165, 1.54) is 30.5 Å². The van der Waals surface area contributed by atoms with E-state index in [9.17, 15) is 14.7 Å². The lowest BCUT2D eigenvalue weighted by atomic mass is 9.94. The smallest absolute Gasteiger partial charge is 0.301 e. The lowest BCUT2D eigenvalue weighted by molar-refractivity contribution is -0.132. The van der Waals surface area contributed by atoms with Gasteiger partial charge in [0, 0.05) is 11.1 Å². The van der Waals surface area contributed by atoms with Crippen molar-refractivity contribution >= 4 is 44.1 Å². The van der Waals surface area contributed by atoms with Crippen LogP contribution in [0.25, 0.3) is 16.0 Å². The molecule has 1 atom stereocenters. The number of amides is 1. The second-order valence-electron chi connectivity index (χ2n) is 8.57. The van der Waals surface area contributed by atoms with Gasteiger partial charge < -0.3 is 14.6 Å². The van der Waals surface area contributed by atoms with Crippen molar-refractivity contribution in [3.8, 4) is 11.5 Å². The van der Waals surface area contributed by atoms with Crippen LogP contribution in [0.5, 0.6) is 11.5 Å². The highest BCUT2D eigenvalue weighted by Crippen LogP contribution is 2.47. The number of anilines is 1. The van der Waals surface area contributed by atoms with Gasteiger partial charge >= 0.3 is 5.91 Å². The molecular weight excluding hydrogens is 476 g/mol. The van der Waals surface area contributed by atoms with E-state index >= 15 is 0 Å². The number of thiazole rings is 1. The van der Waals surface area contributed by atoms with Gasteiger partial charge in [-0.25, -0.2) is 4.98 Å². The molecule has 1 saturated heterocycles. The number of Topliss-reactive ketones (excluding diaryl/α,β-unsaturated/α-hetero) is 1. The Morgan fingerprint density at radius 3 is 2.44 bits per heavy atom. The summed E-state index contributed by atoms with van der Waals surface area (Å²) in [4.78, 5) is 33.1. The Morgan fingerprint density at radius 1 is 1.00 bits per heavy atom. The molecule has 0 spiro atoms. The molecule has 36 heavy (non-hydrogen) atoms. The molecule has 0 saturated carbocycles. The number of ether oxygens (including phenoxy) is 2. The fourth-order valence-corrected chi connectivity index (χ4v) is 5.76. The van der Waals surface area contributed by atoms with Crippen molar-refractivity contribution in [3.05, 3.63) is 88.5 Å². The third kappa shape index (κ3) is 3.79. The number of methoxy groups -OCH3 is 2.